The van der Waals surface area contributed by atoms with Gasteiger partial charge in [0, 0.05) is 24.0 Å². The van der Waals surface area contributed by atoms with Gasteiger partial charge in [0.1, 0.15) is 0 Å². The molecular weight excluding hydrogens is 536 g/mol. The molecule has 4 nitrogen and oxygen atoms in total. The summed E-state index contributed by atoms with van der Waals surface area (Å²) in [7, 11) is -3.49. The SMILES string of the molecule is C1=CC=CNC=C1.NCc1cccc(Cl)c1C=CCS(=O)(=O)C1=CCCc2c1ccc1c2CCc2ccccc2-1. The molecule has 0 radical (unpaired) electrons. The first-order valence-corrected chi connectivity index (χ1v) is 15.6. The molecule has 3 aliphatic rings. The lowest BCUT2D eigenvalue weighted by Crippen LogP contribution is -2.15. The summed E-state index contributed by atoms with van der Waals surface area (Å²) in [6.07, 6.45) is 20.5. The predicted octanol–water partition coefficient (Wildman–Crippen LogP) is 7.15. The van der Waals surface area contributed by atoms with Crippen LogP contribution >= 0.6 is 11.6 Å². The van der Waals surface area contributed by atoms with Crippen molar-refractivity contribution in [2.45, 2.75) is 32.2 Å². The van der Waals surface area contributed by atoms with Gasteiger partial charge in [-0.3, -0.25) is 0 Å². The van der Waals surface area contributed by atoms with E-state index in [1.54, 1.807) is 18.2 Å². The Bertz CT molecular complexity index is 1650. The first kappa shape index (κ1) is 27.9. The lowest BCUT2D eigenvalue weighted by atomic mass is 9.79. The fourth-order valence-electron chi connectivity index (χ4n) is 5.49. The summed E-state index contributed by atoms with van der Waals surface area (Å²) >= 11 is 6.31. The van der Waals surface area contributed by atoms with Gasteiger partial charge in [-0.2, -0.15) is 0 Å². The van der Waals surface area contributed by atoms with Gasteiger partial charge < -0.3 is 11.1 Å². The predicted molar refractivity (Wildman–Crippen MR) is 168 cm³/mol. The van der Waals surface area contributed by atoms with Gasteiger partial charge in [-0.25, -0.2) is 8.42 Å². The number of nitrogens with two attached hydrogens (primary N) is 1. The fourth-order valence-corrected chi connectivity index (χ4v) is 7.18. The van der Waals surface area contributed by atoms with E-state index in [0.717, 1.165) is 42.4 Å². The van der Waals surface area contributed by atoms with E-state index in [1.807, 2.05) is 61.0 Å². The van der Waals surface area contributed by atoms with E-state index in [2.05, 4.69) is 35.6 Å². The van der Waals surface area contributed by atoms with E-state index in [-0.39, 0.29) is 5.75 Å². The van der Waals surface area contributed by atoms with E-state index >= 15 is 0 Å². The van der Waals surface area contributed by atoms with Crippen molar-refractivity contribution in [2.24, 2.45) is 5.73 Å². The topological polar surface area (TPSA) is 72.2 Å². The van der Waals surface area contributed by atoms with Gasteiger partial charge in [0.05, 0.1) is 10.7 Å². The first-order valence-electron chi connectivity index (χ1n) is 13.5. The van der Waals surface area contributed by atoms with Crippen LogP contribution in [0, 0.1) is 0 Å². The van der Waals surface area contributed by atoms with Crippen LogP contribution in [0.1, 0.15) is 39.8 Å². The highest BCUT2D eigenvalue weighted by molar-refractivity contribution is 8.00. The lowest BCUT2D eigenvalue weighted by molar-refractivity contribution is 0.608. The maximum atomic E-state index is 13.4. The van der Waals surface area contributed by atoms with Gasteiger partial charge in [-0.1, -0.05) is 90.5 Å². The zero-order chi connectivity index (χ0) is 28.0. The second-order valence-corrected chi connectivity index (χ2v) is 12.3. The lowest BCUT2D eigenvalue weighted by Gasteiger charge is -2.27. The van der Waals surface area contributed by atoms with Crippen molar-refractivity contribution in [2.75, 3.05) is 5.75 Å². The molecule has 0 bridgehead atoms. The maximum absolute atomic E-state index is 13.4. The van der Waals surface area contributed by atoms with Crippen molar-refractivity contribution in [3.63, 3.8) is 0 Å². The summed E-state index contributed by atoms with van der Waals surface area (Å²) in [6.45, 7) is 0.347. The van der Waals surface area contributed by atoms with Crippen molar-refractivity contribution >= 4 is 32.4 Å². The molecule has 40 heavy (non-hydrogen) atoms. The van der Waals surface area contributed by atoms with Crippen LogP contribution in [0.3, 0.4) is 0 Å². The first-order chi connectivity index (χ1) is 19.5. The van der Waals surface area contributed by atoms with Crippen LogP contribution in [0.4, 0.5) is 0 Å². The molecule has 3 aromatic carbocycles. The van der Waals surface area contributed by atoms with E-state index in [1.165, 1.54) is 27.8 Å². The van der Waals surface area contributed by atoms with Crippen LogP contribution in [0.25, 0.3) is 22.1 Å². The molecule has 2 aliphatic carbocycles. The highest BCUT2D eigenvalue weighted by atomic mass is 35.5. The van der Waals surface area contributed by atoms with E-state index < -0.39 is 9.84 Å². The highest BCUT2D eigenvalue weighted by Gasteiger charge is 2.28. The molecule has 0 spiro atoms. The van der Waals surface area contributed by atoms with Gasteiger partial charge in [0.2, 0.25) is 0 Å². The van der Waals surface area contributed by atoms with Gasteiger partial charge in [-0.15, -0.1) is 0 Å². The molecule has 3 aromatic rings. The van der Waals surface area contributed by atoms with Crippen LogP contribution in [-0.2, 0) is 35.6 Å². The number of fused-ring (bicyclic) bond motifs is 5. The van der Waals surface area contributed by atoms with Gasteiger partial charge in [0.15, 0.2) is 9.84 Å². The number of benzene rings is 3. The second-order valence-electron chi connectivity index (χ2n) is 9.85. The maximum Gasteiger partial charge on any atom is 0.182 e. The van der Waals surface area contributed by atoms with Crippen molar-refractivity contribution in [3.8, 4) is 11.1 Å². The van der Waals surface area contributed by atoms with Gasteiger partial charge >= 0.3 is 0 Å². The van der Waals surface area contributed by atoms with Crippen LogP contribution in [0.15, 0.2) is 103 Å². The molecule has 1 aliphatic heterocycles. The Labute approximate surface area is 242 Å². The summed E-state index contributed by atoms with van der Waals surface area (Å²) in [5.74, 6) is -0.0760. The monoisotopic (exact) mass is 568 g/mol. The summed E-state index contributed by atoms with van der Waals surface area (Å²) in [4.78, 5) is 0.452. The molecule has 0 aromatic heterocycles. The third-order valence-electron chi connectivity index (χ3n) is 7.39. The van der Waals surface area contributed by atoms with Crippen molar-refractivity contribution in [1.29, 1.82) is 0 Å². The zero-order valence-electron chi connectivity index (χ0n) is 22.3. The number of allylic oxidation sites excluding steroid dienone is 5. The molecule has 3 N–H and O–H groups in total. The van der Waals surface area contributed by atoms with Crippen molar-refractivity contribution < 1.29 is 8.42 Å². The molecular formula is C34H33ClN2O2S. The minimum atomic E-state index is -3.49. The normalized spacial score (nSPS) is 15.2. The Morgan fingerprint density at radius 1 is 0.825 bits per heavy atom. The van der Waals surface area contributed by atoms with E-state index in [0.29, 0.717) is 16.5 Å². The minimum Gasteiger partial charge on any atom is -0.368 e. The Balaban J connectivity index is 0.000000403. The molecule has 6 heteroatoms. The quantitative estimate of drug-likeness (QED) is 0.343. The van der Waals surface area contributed by atoms with E-state index in [4.69, 9.17) is 17.3 Å². The molecule has 204 valence electrons. The van der Waals surface area contributed by atoms with Crippen molar-refractivity contribution in [3.05, 3.63) is 142 Å². The van der Waals surface area contributed by atoms with E-state index in [9.17, 15) is 8.42 Å². The van der Waals surface area contributed by atoms with Gasteiger partial charge in [-0.05, 0) is 88.4 Å². The minimum absolute atomic E-state index is 0.0760. The Hall–Kier alpha value is -3.64. The molecule has 6 rings (SSSR count). The number of hydrogen-bond donors (Lipinski definition) is 2. The number of nitrogens with one attached hydrogen (secondary N) is 1. The third kappa shape index (κ3) is 6.07. The van der Waals surface area contributed by atoms with Crippen LogP contribution in [-0.4, -0.2) is 14.2 Å². The average Bonchev–Trinajstić information content (AvgIpc) is 3.31. The van der Waals surface area contributed by atoms with Crippen LogP contribution in [0.2, 0.25) is 5.02 Å². The summed E-state index contributed by atoms with van der Waals surface area (Å²) < 4.78 is 26.7. The summed E-state index contributed by atoms with van der Waals surface area (Å²) in [5, 5.41) is 3.49. The summed E-state index contributed by atoms with van der Waals surface area (Å²) in [5.41, 5.74) is 14.8. The number of hydrogen-bond acceptors (Lipinski definition) is 4. The number of aryl methyl sites for hydroxylation is 1. The molecule has 0 saturated heterocycles. The van der Waals surface area contributed by atoms with Gasteiger partial charge in [0.25, 0.3) is 0 Å². The number of rotatable bonds is 5. The third-order valence-corrected chi connectivity index (χ3v) is 9.41. The average molecular weight is 569 g/mol. The largest absolute Gasteiger partial charge is 0.368 e. The molecule has 0 saturated carbocycles. The molecule has 0 fully saturated rings. The summed E-state index contributed by atoms with van der Waals surface area (Å²) in [6, 6.07) is 18.2. The fraction of sp³-hybridized carbons (Fsp3) is 0.176. The highest BCUT2D eigenvalue weighted by Crippen LogP contribution is 2.41. The molecule has 0 unspecified atom stereocenters. The number of halogens is 1. The van der Waals surface area contributed by atoms with Crippen molar-refractivity contribution in [1.82, 2.24) is 5.32 Å². The van der Waals surface area contributed by atoms with Crippen LogP contribution < -0.4 is 11.1 Å². The number of sulfone groups is 1. The smallest absolute Gasteiger partial charge is 0.182 e. The second kappa shape index (κ2) is 12.7. The Morgan fingerprint density at radius 3 is 2.38 bits per heavy atom. The standard InChI is InChI=1S/C28H26ClNO2S.C6H7N/c29-27-11-3-7-20(18-30)22(27)10-5-17-33(31,32)28-12-4-9-23-25-14-13-19-6-1-2-8-21(19)24(25)15-16-26(23)28;1-2-4-6-7-5-3-1/h1-3,5-8,10-12,15-16H,4,9,13-14,17-18,30H2;1-7H. The zero-order valence-corrected chi connectivity index (χ0v) is 23.9. The Morgan fingerprint density at radius 2 is 1.57 bits per heavy atom. The molecule has 0 amide bonds. The molecule has 0 atom stereocenters. The Kier molecular flexibility index (Phi) is 8.85. The molecule has 1 heterocycles. The van der Waals surface area contributed by atoms with Crippen LogP contribution in [0.5, 0.6) is 0 Å².